The van der Waals surface area contributed by atoms with Gasteiger partial charge >= 0.3 is 5.97 Å². The van der Waals surface area contributed by atoms with E-state index in [0.717, 1.165) is 0 Å². The van der Waals surface area contributed by atoms with Gasteiger partial charge in [0, 0.05) is 0 Å². The average molecular weight is 303 g/mol. The van der Waals surface area contributed by atoms with Gasteiger partial charge in [-0.15, -0.1) is 0 Å². The third-order valence-electron chi connectivity index (χ3n) is 2.39. The van der Waals surface area contributed by atoms with Crippen LogP contribution >= 0.6 is 23.5 Å². The second-order valence-electron chi connectivity index (χ2n) is 3.84. The molecule has 1 atom stereocenters. The van der Waals surface area contributed by atoms with Gasteiger partial charge in [0.1, 0.15) is 11.8 Å². The molecule has 0 spiro atoms. The van der Waals surface area contributed by atoms with Crippen LogP contribution in [0.4, 0.5) is 0 Å². The summed E-state index contributed by atoms with van der Waals surface area (Å²) in [6.45, 7) is 0. The highest BCUT2D eigenvalue weighted by Crippen LogP contribution is 2.13. The second-order valence-corrected chi connectivity index (χ2v) is 5.70. The molecule has 1 amide bonds. The van der Waals surface area contributed by atoms with Crippen molar-refractivity contribution in [1.82, 2.24) is 5.32 Å². The molecule has 7 heteroatoms. The molecule has 5 nitrogen and oxygen atoms in total. The van der Waals surface area contributed by atoms with E-state index in [-0.39, 0.29) is 5.76 Å². The summed E-state index contributed by atoms with van der Waals surface area (Å²) < 4.78 is 5.34. The lowest BCUT2D eigenvalue weighted by Gasteiger charge is -2.12. The van der Waals surface area contributed by atoms with E-state index >= 15 is 0 Å². The Bertz CT molecular complexity index is 433. The number of carbonyl (C=O) groups is 2. The van der Waals surface area contributed by atoms with Crippen LogP contribution in [-0.2, 0) is 10.5 Å². The van der Waals surface area contributed by atoms with Crippen molar-refractivity contribution in [1.29, 1.82) is 0 Å². The van der Waals surface area contributed by atoms with Crippen molar-refractivity contribution in [2.24, 2.45) is 0 Å². The third kappa shape index (κ3) is 5.20. The van der Waals surface area contributed by atoms with E-state index in [1.807, 2.05) is 12.5 Å². The first kappa shape index (κ1) is 16.0. The highest BCUT2D eigenvalue weighted by Gasteiger charge is 2.21. The molecule has 1 aromatic heterocycles. The predicted molar refractivity (Wildman–Crippen MR) is 77.8 cm³/mol. The summed E-state index contributed by atoms with van der Waals surface area (Å²) >= 11 is 3.13. The van der Waals surface area contributed by atoms with Crippen LogP contribution in [-0.4, -0.2) is 41.3 Å². The third-order valence-corrected chi connectivity index (χ3v) is 3.60. The van der Waals surface area contributed by atoms with Gasteiger partial charge in [-0.3, -0.25) is 4.79 Å². The van der Waals surface area contributed by atoms with Crippen molar-refractivity contribution < 1.29 is 19.1 Å². The Morgan fingerprint density at radius 3 is 2.68 bits per heavy atom. The van der Waals surface area contributed by atoms with Crippen LogP contribution in [0.3, 0.4) is 0 Å². The molecule has 0 bridgehead atoms. The molecule has 0 fully saturated rings. The first-order chi connectivity index (χ1) is 9.08. The summed E-state index contributed by atoms with van der Waals surface area (Å²) in [6.07, 6.45) is 4.22. The zero-order valence-electron chi connectivity index (χ0n) is 10.8. The Labute approximate surface area is 120 Å². The summed E-state index contributed by atoms with van der Waals surface area (Å²) in [7, 11) is 0. The van der Waals surface area contributed by atoms with Crippen LogP contribution in [0.15, 0.2) is 16.5 Å². The summed E-state index contributed by atoms with van der Waals surface area (Å²) in [5.74, 6) is 0.696. The number of carboxylic acids is 1. The van der Waals surface area contributed by atoms with Crippen LogP contribution in [0.25, 0.3) is 0 Å². The van der Waals surface area contributed by atoms with Gasteiger partial charge in [0.2, 0.25) is 0 Å². The molecule has 0 aliphatic carbocycles. The Morgan fingerprint density at radius 1 is 1.37 bits per heavy atom. The summed E-state index contributed by atoms with van der Waals surface area (Å²) in [5.41, 5.74) is 0. The molecule has 1 rings (SSSR count). The van der Waals surface area contributed by atoms with Gasteiger partial charge < -0.3 is 14.8 Å². The largest absolute Gasteiger partial charge is 0.480 e. The highest BCUT2D eigenvalue weighted by molar-refractivity contribution is 7.98. The Hall–Kier alpha value is -1.08. The minimum atomic E-state index is -1.03. The fourth-order valence-corrected chi connectivity index (χ4v) is 2.35. The zero-order chi connectivity index (χ0) is 14.3. The molecule has 106 valence electrons. The van der Waals surface area contributed by atoms with Gasteiger partial charge in [-0.1, -0.05) is 0 Å². The van der Waals surface area contributed by atoms with E-state index in [9.17, 15) is 9.59 Å². The minimum Gasteiger partial charge on any atom is -0.480 e. The molecule has 0 saturated heterocycles. The summed E-state index contributed by atoms with van der Waals surface area (Å²) in [6, 6.07) is 2.41. The number of furan rings is 1. The fourth-order valence-electron chi connectivity index (χ4n) is 1.44. The van der Waals surface area contributed by atoms with Crippen molar-refractivity contribution in [3.63, 3.8) is 0 Å². The molecule has 1 unspecified atom stereocenters. The standard InChI is InChI=1S/C12H17NO4S2/c1-18-6-5-9(12(15)16)13-11(14)10-4-3-8(17-10)7-19-2/h3-4,9H,5-7H2,1-2H3,(H,13,14)(H,15,16). The van der Waals surface area contributed by atoms with E-state index < -0.39 is 17.9 Å². The van der Waals surface area contributed by atoms with Crippen molar-refractivity contribution in [2.75, 3.05) is 18.3 Å². The average Bonchev–Trinajstić information content (AvgIpc) is 2.83. The molecular formula is C12H17NO4S2. The van der Waals surface area contributed by atoms with Gasteiger partial charge in [0.25, 0.3) is 5.91 Å². The molecule has 1 heterocycles. The number of rotatable bonds is 8. The van der Waals surface area contributed by atoms with Crippen LogP contribution in [0.2, 0.25) is 0 Å². The van der Waals surface area contributed by atoms with Crippen molar-refractivity contribution in [3.8, 4) is 0 Å². The maximum Gasteiger partial charge on any atom is 0.326 e. The lowest BCUT2D eigenvalue weighted by molar-refractivity contribution is -0.139. The van der Waals surface area contributed by atoms with Crippen LogP contribution < -0.4 is 5.32 Å². The van der Waals surface area contributed by atoms with Gasteiger partial charge in [0.05, 0.1) is 5.75 Å². The van der Waals surface area contributed by atoms with Crippen LogP contribution in [0, 0.1) is 0 Å². The van der Waals surface area contributed by atoms with E-state index in [4.69, 9.17) is 9.52 Å². The van der Waals surface area contributed by atoms with Gasteiger partial charge in [-0.25, -0.2) is 4.79 Å². The highest BCUT2D eigenvalue weighted by atomic mass is 32.2. The van der Waals surface area contributed by atoms with Gasteiger partial charge in [-0.2, -0.15) is 23.5 Å². The number of hydrogen-bond donors (Lipinski definition) is 2. The van der Waals surface area contributed by atoms with Crippen molar-refractivity contribution in [2.45, 2.75) is 18.2 Å². The number of aliphatic carboxylic acids is 1. The maximum atomic E-state index is 11.9. The van der Waals surface area contributed by atoms with E-state index in [1.165, 1.54) is 0 Å². The van der Waals surface area contributed by atoms with E-state index in [1.54, 1.807) is 35.7 Å². The van der Waals surface area contributed by atoms with Crippen LogP contribution in [0.1, 0.15) is 22.7 Å². The number of thioether (sulfide) groups is 2. The first-order valence-corrected chi connectivity index (χ1v) is 8.47. The van der Waals surface area contributed by atoms with E-state index in [0.29, 0.717) is 23.7 Å². The molecule has 0 radical (unpaired) electrons. The molecule has 0 aromatic carbocycles. The molecule has 1 aromatic rings. The summed E-state index contributed by atoms with van der Waals surface area (Å²) in [4.78, 5) is 22.9. The fraction of sp³-hybridized carbons (Fsp3) is 0.500. The molecule has 0 aliphatic rings. The molecule has 2 N–H and O–H groups in total. The zero-order valence-corrected chi connectivity index (χ0v) is 12.5. The number of nitrogens with one attached hydrogen (secondary N) is 1. The SMILES string of the molecule is CSCCC(NC(=O)c1ccc(CSC)o1)C(=O)O. The lowest BCUT2D eigenvalue weighted by Crippen LogP contribution is -2.41. The van der Waals surface area contributed by atoms with Crippen molar-refractivity contribution in [3.05, 3.63) is 23.7 Å². The predicted octanol–water partition coefficient (Wildman–Crippen LogP) is 2.08. The topological polar surface area (TPSA) is 79.5 Å². The second kappa shape index (κ2) is 8.16. The van der Waals surface area contributed by atoms with E-state index in [2.05, 4.69) is 5.32 Å². The van der Waals surface area contributed by atoms with Crippen molar-refractivity contribution >= 4 is 35.4 Å². The van der Waals surface area contributed by atoms with Gasteiger partial charge in [-0.05, 0) is 36.8 Å². The smallest absolute Gasteiger partial charge is 0.326 e. The quantitative estimate of drug-likeness (QED) is 0.765. The number of carbonyl (C=O) groups excluding carboxylic acids is 1. The van der Waals surface area contributed by atoms with Gasteiger partial charge in [0.15, 0.2) is 5.76 Å². The first-order valence-electron chi connectivity index (χ1n) is 5.68. The summed E-state index contributed by atoms with van der Waals surface area (Å²) in [5, 5.41) is 11.5. The molecule has 0 saturated carbocycles. The number of amides is 1. The Balaban J connectivity index is 2.62. The monoisotopic (exact) mass is 303 g/mol. The van der Waals surface area contributed by atoms with Crippen LogP contribution in [0.5, 0.6) is 0 Å². The normalized spacial score (nSPS) is 12.1. The number of carboxylic acid groups (broad SMARTS) is 1. The number of hydrogen-bond acceptors (Lipinski definition) is 5. The Kier molecular flexibility index (Phi) is 6.86. The molecular weight excluding hydrogens is 286 g/mol. The maximum absolute atomic E-state index is 11.9. The lowest BCUT2D eigenvalue weighted by atomic mass is 10.2. The molecule has 19 heavy (non-hydrogen) atoms. The molecule has 0 aliphatic heterocycles. The minimum absolute atomic E-state index is 0.152. The Morgan fingerprint density at radius 2 is 2.11 bits per heavy atom.